The van der Waals surface area contributed by atoms with E-state index in [4.69, 9.17) is 4.74 Å². The molecule has 132 valence electrons. The number of aromatic nitrogens is 1. The maximum Gasteiger partial charge on any atom is 0.224 e. The van der Waals surface area contributed by atoms with E-state index in [1.807, 2.05) is 13.0 Å². The minimum absolute atomic E-state index is 0.0270. The predicted octanol–water partition coefficient (Wildman–Crippen LogP) is 4.09. The number of nitrogens with one attached hydrogen (secondary N) is 1. The van der Waals surface area contributed by atoms with Crippen molar-refractivity contribution in [2.45, 2.75) is 20.3 Å². The lowest BCUT2D eigenvalue weighted by Gasteiger charge is -2.05. The molecule has 0 aliphatic carbocycles. The molecule has 0 spiro atoms. The van der Waals surface area contributed by atoms with Gasteiger partial charge in [-0.1, -0.05) is 18.8 Å². The fourth-order valence-electron chi connectivity index (χ4n) is 2.34. The fraction of sp³-hybridized carbons (Fsp3) is 0.200. The van der Waals surface area contributed by atoms with Gasteiger partial charge in [0.25, 0.3) is 0 Å². The molecule has 0 unspecified atom stereocenters. The number of aromatic hydroxyl groups is 1. The normalized spacial score (nSPS) is 10.2. The van der Waals surface area contributed by atoms with E-state index in [0.29, 0.717) is 17.7 Å². The number of carbonyl (C=O) groups is 1. The summed E-state index contributed by atoms with van der Waals surface area (Å²) in [7, 11) is 0. The number of nitrogens with zero attached hydrogens (tertiary/aromatic N) is 1. The Labute approximate surface area is 155 Å². The maximum absolute atomic E-state index is 11.3. The number of amides is 1. The average Bonchev–Trinajstić information content (AvgIpc) is 3.01. The SMILES string of the molecule is CCC(=O)Nc1ccc(OCC#Cc2cc(O)c3nc(C)sc3c2)cc1. The third-order valence-corrected chi connectivity index (χ3v) is 4.50. The molecule has 0 saturated carbocycles. The molecule has 1 heterocycles. The first-order valence-corrected chi connectivity index (χ1v) is 8.98. The van der Waals surface area contributed by atoms with Crippen molar-refractivity contribution in [3.05, 3.63) is 47.0 Å². The molecule has 0 aliphatic rings. The largest absolute Gasteiger partial charge is 0.506 e. The molecule has 2 aromatic carbocycles. The van der Waals surface area contributed by atoms with Crippen LogP contribution in [0.2, 0.25) is 0 Å². The van der Waals surface area contributed by atoms with E-state index < -0.39 is 0 Å². The van der Waals surface area contributed by atoms with Gasteiger partial charge in [0.2, 0.25) is 5.91 Å². The van der Waals surface area contributed by atoms with E-state index in [9.17, 15) is 9.90 Å². The number of carbonyl (C=O) groups excluding carboxylic acids is 1. The summed E-state index contributed by atoms with van der Waals surface area (Å²) >= 11 is 1.52. The maximum atomic E-state index is 11.3. The smallest absolute Gasteiger partial charge is 0.224 e. The number of aryl methyl sites for hydroxylation is 1. The zero-order valence-electron chi connectivity index (χ0n) is 14.5. The Morgan fingerprint density at radius 1 is 1.31 bits per heavy atom. The molecular formula is C20H18N2O3S. The number of anilines is 1. The number of hydrogen-bond donors (Lipinski definition) is 2. The van der Waals surface area contributed by atoms with Crippen LogP contribution in [0.4, 0.5) is 5.69 Å². The van der Waals surface area contributed by atoms with Crippen molar-refractivity contribution in [3.8, 4) is 23.3 Å². The molecule has 0 aliphatic heterocycles. The van der Waals surface area contributed by atoms with Gasteiger partial charge in [-0.15, -0.1) is 11.3 Å². The van der Waals surface area contributed by atoms with Crippen molar-refractivity contribution < 1.29 is 14.6 Å². The summed E-state index contributed by atoms with van der Waals surface area (Å²) < 4.78 is 6.49. The molecular weight excluding hydrogens is 348 g/mol. The molecule has 6 heteroatoms. The summed E-state index contributed by atoms with van der Waals surface area (Å²) in [5.74, 6) is 6.71. The Morgan fingerprint density at radius 3 is 2.81 bits per heavy atom. The van der Waals surface area contributed by atoms with Gasteiger partial charge < -0.3 is 15.2 Å². The van der Waals surface area contributed by atoms with Gasteiger partial charge in [-0.3, -0.25) is 4.79 Å². The second-order valence-corrected chi connectivity index (χ2v) is 6.83. The highest BCUT2D eigenvalue weighted by Crippen LogP contribution is 2.30. The summed E-state index contributed by atoms with van der Waals surface area (Å²) in [4.78, 5) is 15.6. The summed E-state index contributed by atoms with van der Waals surface area (Å²) in [6.45, 7) is 3.93. The van der Waals surface area contributed by atoms with Crippen LogP contribution in [0.15, 0.2) is 36.4 Å². The van der Waals surface area contributed by atoms with E-state index in [0.717, 1.165) is 21.0 Å². The third kappa shape index (κ3) is 4.32. The minimum atomic E-state index is -0.0270. The first kappa shape index (κ1) is 17.8. The lowest BCUT2D eigenvalue weighted by molar-refractivity contribution is -0.115. The van der Waals surface area contributed by atoms with Crippen molar-refractivity contribution >= 4 is 33.1 Å². The van der Waals surface area contributed by atoms with E-state index >= 15 is 0 Å². The highest BCUT2D eigenvalue weighted by atomic mass is 32.1. The summed E-state index contributed by atoms with van der Waals surface area (Å²) in [6, 6.07) is 10.7. The van der Waals surface area contributed by atoms with Crippen molar-refractivity contribution in [3.63, 3.8) is 0 Å². The first-order valence-electron chi connectivity index (χ1n) is 8.17. The molecule has 2 N–H and O–H groups in total. The van der Waals surface area contributed by atoms with Crippen LogP contribution in [0.5, 0.6) is 11.5 Å². The van der Waals surface area contributed by atoms with Crippen LogP contribution in [0.3, 0.4) is 0 Å². The second-order valence-electron chi connectivity index (χ2n) is 5.59. The molecule has 1 amide bonds. The second kappa shape index (κ2) is 7.89. The quantitative estimate of drug-likeness (QED) is 0.682. The first-order chi connectivity index (χ1) is 12.5. The van der Waals surface area contributed by atoms with Crippen LogP contribution < -0.4 is 10.1 Å². The fourth-order valence-corrected chi connectivity index (χ4v) is 3.22. The summed E-state index contributed by atoms with van der Waals surface area (Å²) in [5, 5.41) is 13.7. The van der Waals surface area contributed by atoms with Crippen LogP contribution in [0.25, 0.3) is 10.2 Å². The van der Waals surface area contributed by atoms with Gasteiger partial charge in [0, 0.05) is 17.7 Å². The molecule has 1 aromatic heterocycles. The number of fused-ring (bicyclic) bond motifs is 1. The molecule has 0 saturated heterocycles. The van der Waals surface area contributed by atoms with Crippen molar-refractivity contribution in [2.24, 2.45) is 0 Å². The number of thiazole rings is 1. The molecule has 0 fully saturated rings. The highest BCUT2D eigenvalue weighted by Gasteiger charge is 2.06. The van der Waals surface area contributed by atoms with Crippen LogP contribution in [0, 0.1) is 18.8 Å². The van der Waals surface area contributed by atoms with Gasteiger partial charge in [0.1, 0.15) is 23.6 Å². The molecule has 0 bridgehead atoms. The Balaban J connectivity index is 1.61. The summed E-state index contributed by atoms with van der Waals surface area (Å²) in [6.07, 6.45) is 0.441. The highest BCUT2D eigenvalue weighted by molar-refractivity contribution is 7.18. The molecule has 26 heavy (non-hydrogen) atoms. The van der Waals surface area contributed by atoms with Gasteiger partial charge >= 0.3 is 0 Å². The van der Waals surface area contributed by atoms with Gasteiger partial charge in [0.15, 0.2) is 0 Å². The molecule has 3 aromatic rings. The number of rotatable bonds is 4. The van der Waals surface area contributed by atoms with Crippen LogP contribution in [0.1, 0.15) is 23.9 Å². The standard InChI is InChI=1S/C20H18N2O3S/c1-3-19(24)22-15-6-8-16(9-7-15)25-10-4-5-14-11-17(23)20-18(12-14)26-13(2)21-20/h6-9,11-12,23H,3,10H2,1-2H3,(H,22,24). The molecule has 3 rings (SSSR count). The number of ether oxygens (including phenoxy) is 1. The van der Waals surface area contributed by atoms with E-state index in [-0.39, 0.29) is 18.3 Å². The van der Waals surface area contributed by atoms with Crippen molar-refractivity contribution in [1.29, 1.82) is 0 Å². The Kier molecular flexibility index (Phi) is 5.40. The minimum Gasteiger partial charge on any atom is -0.506 e. The predicted molar refractivity (Wildman–Crippen MR) is 104 cm³/mol. The van der Waals surface area contributed by atoms with E-state index in [2.05, 4.69) is 22.1 Å². The molecule has 0 radical (unpaired) electrons. The van der Waals surface area contributed by atoms with Crippen molar-refractivity contribution in [2.75, 3.05) is 11.9 Å². The van der Waals surface area contributed by atoms with E-state index in [1.54, 1.807) is 37.3 Å². The number of hydrogen-bond acceptors (Lipinski definition) is 5. The lowest BCUT2D eigenvalue weighted by Crippen LogP contribution is -2.09. The van der Waals surface area contributed by atoms with Crippen LogP contribution in [-0.4, -0.2) is 22.6 Å². The van der Waals surface area contributed by atoms with Crippen LogP contribution >= 0.6 is 11.3 Å². The number of phenols is 1. The van der Waals surface area contributed by atoms with Gasteiger partial charge in [-0.25, -0.2) is 4.98 Å². The number of phenolic OH excluding ortho intramolecular Hbond substituents is 1. The lowest BCUT2D eigenvalue weighted by atomic mass is 10.2. The molecule has 0 atom stereocenters. The summed E-state index contributed by atoms with van der Waals surface area (Å²) in [5.41, 5.74) is 2.07. The Hall–Kier alpha value is -3.04. The molecule has 5 nitrogen and oxygen atoms in total. The van der Waals surface area contributed by atoms with Crippen LogP contribution in [-0.2, 0) is 4.79 Å². The monoisotopic (exact) mass is 366 g/mol. The van der Waals surface area contributed by atoms with Crippen molar-refractivity contribution in [1.82, 2.24) is 4.98 Å². The average molecular weight is 366 g/mol. The zero-order chi connectivity index (χ0) is 18.5. The topological polar surface area (TPSA) is 71.5 Å². The van der Waals surface area contributed by atoms with Gasteiger partial charge in [0.05, 0.1) is 9.71 Å². The third-order valence-electron chi connectivity index (χ3n) is 3.58. The van der Waals surface area contributed by atoms with Gasteiger partial charge in [-0.05, 0) is 43.3 Å². The zero-order valence-corrected chi connectivity index (χ0v) is 15.3. The Morgan fingerprint density at radius 2 is 2.08 bits per heavy atom. The van der Waals surface area contributed by atoms with Gasteiger partial charge in [-0.2, -0.15) is 0 Å². The van der Waals surface area contributed by atoms with E-state index in [1.165, 1.54) is 11.3 Å². The Bertz CT molecular complexity index is 998. The number of benzene rings is 2.